The van der Waals surface area contributed by atoms with Crippen LogP contribution >= 0.6 is 12.4 Å². The van der Waals surface area contributed by atoms with Crippen LogP contribution in [0.3, 0.4) is 0 Å². The van der Waals surface area contributed by atoms with Crippen LogP contribution in [0.25, 0.3) is 56.1 Å². The molecule has 0 saturated carbocycles. The van der Waals surface area contributed by atoms with E-state index in [1.165, 1.54) is 87.7 Å². The van der Waals surface area contributed by atoms with Crippen molar-refractivity contribution in [3.05, 3.63) is 259 Å². The van der Waals surface area contributed by atoms with Gasteiger partial charge < -0.3 is 21.1 Å². The number of halogens is 1. The summed E-state index contributed by atoms with van der Waals surface area (Å²) in [5.74, 6) is 0.625. The van der Waals surface area contributed by atoms with E-state index in [2.05, 4.69) is 124 Å². The van der Waals surface area contributed by atoms with Crippen molar-refractivity contribution in [3.63, 3.8) is 0 Å². The lowest BCUT2D eigenvalue weighted by molar-refractivity contribution is -0.116. The van der Waals surface area contributed by atoms with E-state index in [9.17, 15) is 29.7 Å². The van der Waals surface area contributed by atoms with E-state index >= 15 is 0 Å². The van der Waals surface area contributed by atoms with Crippen molar-refractivity contribution in [1.29, 1.82) is 0 Å². The quantitative estimate of drug-likeness (QED) is 0.0325. The van der Waals surface area contributed by atoms with Crippen molar-refractivity contribution in [3.8, 4) is 73.4 Å². The number of H-pyrrole nitrogens is 3. The van der Waals surface area contributed by atoms with Gasteiger partial charge in [0, 0.05) is 39.1 Å². The van der Waals surface area contributed by atoms with Crippen LogP contribution in [0.4, 0.5) is 34.1 Å². The summed E-state index contributed by atoms with van der Waals surface area (Å²) in [4.78, 5) is 38.2. The Morgan fingerprint density at radius 3 is 1.28 bits per heavy atom. The van der Waals surface area contributed by atoms with E-state index in [1.807, 2.05) is 110 Å². The number of hydrazone groups is 1. The molecule has 0 unspecified atom stereocenters. The number of anilines is 2. The maximum absolute atomic E-state index is 13.2. The summed E-state index contributed by atoms with van der Waals surface area (Å²) in [6.07, 6.45) is 14.3. The zero-order chi connectivity index (χ0) is 75.8. The Balaban J connectivity index is 0.000000129. The molecule has 6 aliphatic rings. The van der Waals surface area contributed by atoms with Gasteiger partial charge in [0.25, 0.3) is 17.0 Å². The number of hydrogen-bond acceptors (Lipinski definition) is 21. The molecule has 0 spiro atoms. The number of nitrogens with zero attached hydrogens (tertiary/aromatic N) is 17. The van der Waals surface area contributed by atoms with E-state index in [0.29, 0.717) is 59.1 Å². The number of nitrogens with two attached hydrogens (primary N) is 1. The highest BCUT2D eigenvalue weighted by molar-refractivity contribution is 6.12. The number of aromatic nitrogens is 8. The molecule has 0 saturated heterocycles. The molecule has 18 rings (SSSR count). The van der Waals surface area contributed by atoms with Gasteiger partial charge in [-0.25, -0.2) is 14.4 Å². The molecule has 9 aromatic carbocycles. The number of aromatic amines is 3. The fraction of sp³-hybridized carbons (Fsp3) is 0.217. The second-order valence-electron chi connectivity index (χ2n) is 27.5. The summed E-state index contributed by atoms with van der Waals surface area (Å²) in [7, 11) is 0. The number of aryl methyl sites for hydroxylation is 8. The molecule has 28 heteroatoms. The summed E-state index contributed by atoms with van der Waals surface area (Å²) in [5.41, 5.74) is 27.6. The van der Waals surface area contributed by atoms with Gasteiger partial charge in [0.15, 0.2) is 22.9 Å². The minimum Gasteiger partial charge on any atom is -0.505 e. The van der Waals surface area contributed by atoms with Crippen LogP contribution in [0.5, 0.6) is 17.2 Å². The molecule has 558 valence electrons. The first kappa shape index (κ1) is 74.3. The Kier molecular flexibility index (Phi) is 22.3. The van der Waals surface area contributed by atoms with Crippen LogP contribution in [-0.2, 0) is 43.3 Å². The molecule has 111 heavy (non-hydrogen) atoms. The number of tetrazole rings is 1. The second-order valence-corrected chi connectivity index (χ2v) is 27.5. The Hall–Kier alpha value is -13.6. The molecule has 0 fully saturated rings. The van der Waals surface area contributed by atoms with Gasteiger partial charge in [0.1, 0.15) is 30.2 Å². The third kappa shape index (κ3) is 16.3. The summed E-state index contributed by atoms with van der Waals surface area (Å²) in [6, 6.07) is 57.2. The van der Waals surface area contributed by atoms with E-state index in [0.717, 1.165) is 99.7 Å². The standard InChI is InChI=1S/2C28H25N7O2.C14H16N2O.C13H11N5O.ClH/c2*1-17-26(28(37)35(33-17)22-13-12-18-6-2-3-7-19(18)15-22)32-30-24-11-5-10-23(27(24)36)20-8-4-9-21(14-20)25-16-29-34-31-25;1-10-8-14(17)16(15-10)13-7-6-11-4-2-3-5-12(11)9-13;14-11-6-2-5-10(12(11)19)8-3-1-4-9(7-8)13-15-17-18-16-13;/h2*4-5,8-15,33,36H,2-3,6-7,16H2,1H3;6-7,9H,2-5,8H2,1H3;1-7,19H,14H2,(H,15,16,17,18);1H. The van der Waals surface area contributed by atoms with Crippen LogP contribution in [-0.4, -0.2) is 91.6 Å². The summed E-state index contributed by atoms with van der Waals surface area (Å²) in [6.45, 7) is 6.34. The molecule has 12 aromatic rings. The maximum Gasteiger partial charge on any atom is 0.299 e. The van der Waals surface area contributed by atoms with Crippen LogP contribution in [0, 0.1) is 13.8 Å². The average Bonchev–Trinajstić information content (AvgIpc) is 1.70. The highest BCUT2D eigenvalue weighted by atomic mass is 35.5. The molecular weight excluding hydrogens is 1420 g/mol. The normalized spacial score (nSPS) is 14.6. The number of fused-ring (bicyclic) bond motifs is 3. The molecule has 8 N–H and O–H groups in total. The van der Waals surface area contributed by atoms with Gasteiger partial charge in [-0.05, 0) is 236 Å². The number of carbonyl (C=O) groups excluding carboxylic acids is 1. The number of azo groups is 2. The van der Waals surface area contributed by atoms with Crippen LogP contribution < -0.4 is 21.9 Å². The van der Waals surface area contributed by atoms with Gasteiger partial charge >= 0.3 is 0 Å². The van der Waals surface area contributed by atoms with Crippen molar-refractivity contribution in [2.75, 3.05) is 23.8 Å². The Bertz CT molecular complexity index is 5640. The molecule has 3 aliphatic carbocycles. The van der Waals surface area contributed by atoms with Gasteiger partial charge in [0.05, 0.1) is 52.0 Å². The topological polar surface area (TPSA) is 373 Å². The largest absolute Gasteiger partial charge is 0.505 e. The zero-order valence-electron chi connectivity index (χ0n) is 61.1. The predicted molar refractivity (Wildman–Crippen MR) is 430 cm³/mol. The first-order valence-corrected chi connectivity index (χ1v) is 36.5. The third-order valence-corrected chi connectivity index (χ3v) is 20.1. The molecular formula is C83H78ClN21O6. The van der Waals surface area contributed by atoms with Gasteiger partial charge in [-0.3, -0.25) is 24.6 Å². The van der Waals surface area contributed by atoms with Crippen molar-refractivity contribution < 1.29 is 20.1 Å². The average molecular weight is 1500 g/mol. The Morgan fingerprint density at radius 2 is 0.847 bits per heavy atom. The number of phenols is 3. The molecule has 3 aliphatic heterocycles. The van der Waals surface area contributed by atoms with Gasteiger partial charge in [-0.15, -0.1) is 53.3 Å². The number of aromatic hydroxyl groups is 3. The number of carbonyl (C=O) groups is 1. The maximum atomic E-state index is 13.2. The van der Waals surface area contributed by atoms with Crippen molar-refractivity contribution in [2.24, 2.45) is 56.4 Å². The minimum atomic E-state index is -0.284. The fourth-order valence-corrected chi connectivity index (χ4v) is 14.3. The summed E-state index contributed by atoms with van der Waals surface area (Å²) < 4.78 is 3.01. The lowest BCUT2D eigenvalue weighted by Gasteiger charge is -2.19. The van der Waals surface area contributed by atoms with E-state index in [-0.39, 0.29) is 69.4 Å². The highest BCUT2D eigenvalue weighted by Gasteiger charge is 2.25. The van der Waals surface area contributed by atoms with Gasteiger partial charge in [-0.2, -0.15) is 20.5 Å². The Labute approximate surface area is 643 Å². The van der Waals surface area contributed by atoms with Crippen LogP contribution in [0.15, 0.2) is 248 Å². The number of nitrogen functional groups attached to an aromatic ring is 1. The van der Waals surface area contributed by atoms with E-state index < -0.39 is 0 Å². The third-order valence-electron chi connectivity index (χ3n) is 20.1. The number of amides is 1. The Morgan fingerprint density at radius 1 is 0.441 bits per heavy atom. The number of hydrogen-bond donors (Lipinski definition) is 7. The molecule has 3 aromatic heterocycles. The van der Waals surface area contributed by atoms with Crippen LogP contribution in [0.1, 0.15) is 108 Å². The first-order valence-electron chi connectivity index (χ1n) is 36.5. The van der Waals surface area contributed by atoms with Gasteiger partial charge in [-0.1, -0.05) is 109 Å². The molecule has 6 heterocycles. The fourth-order valence-electron chi connectivity index (χ4n) is 14.3. The first-order chi connectivity index (χ1) is 53.7. The monoisotopic (exact) mass is 1500 g/mol. The SMILES string of the molecule is CC1=NN(c2ccc3c(c2)CCCC3)C(=O)C1.Cc1[nH]n(-c2ccc3c(c2)CCCC3)c(=O)c1N=Nc1cccc(-c2cccc(C3=NN=NC3)c2)c1O.Cc1[nH]n(-c2ccc3c(c2)CCCC3)c(=O)c1N=Nc1cccc(-c2cccc(C3=NN=NC3)c2)c1O.Cl.Nc1cccc(-c2cccc(-c3nn[nH]n3)c2)c1O. The minimum absolute atomic E-state index is 0. The summed E-state index contributed by atoms with van der Waals surface area (Å²) in [5, 5.41) is 98.1. The molecule has 1 amide bonds. The van der Waals surface area contributed by atoms with E-state index in [4.69, 9.17) is 5.73 Å². The lowest BCUT2D eigenvalue weighted by atomic mass is 9.91. The number of rotatable bonds is 13. The molecule has 0 bridgehead atoms. The van der Waals surface area contributed by atoms with Crippen molar-refractivity contribution in [1.82, 2.24) is 40.2 Å². The van der Waals surface area contributed by atoms with Gasteiger partial charge in [0.2, 0.25) is 5.82 Å². The van der Waals surface area contributed by atoms with Crippen molar-refractivity contribution >= 4 is 69.6 Å². The smallest absolute Gasteiger partial charge is 0.299 e. The molecule has 27 nitrogen and oxygen atoms in total. The van der Waals surface area contributed by atoms with E-state index in [1.54, 1.807) is 61.3 Å². The zero-order valence-corrected chi connectivity index (χ0v) is 61.9. The highest BCUT2D eigenvalue weighted by Crippen LogP contribution is 2.41. The number of para-hydroxylation sites is 3. The van der Waals surface area contributed by atoms with Crippen LogP contribution in [0.2, 0.25) is 0 Å². The lowest BCUT2D eigenvalue weighted by Crippen LogP contribution is -2.20. The number of phenolic OH excluding ortho intramolecular Hbond substituents is 3. The molecule has 0 radical (unpaired) electrons. The number of nitrogens with one attached hydrogen (secondary N) is 3. The summed E-state index contributed by atoms with van der Waals surface area (Å²) >= 11 is 0. The second kappa shape index (κ2) is 33.3. The predicted octanol–water partition coefficient (Wildman–Crippen LogP) is 17.5. The van der Waals surface area contributed by atoms with Crippen molar-refractivity contribution in [2.45, 2.75) is 104 Å². The molecule has 0 atom stereocenters. The number of benzene rings is 9.